The van der Waals surface area contributed by atoms with Crippen molar-refractivity contribution >= 4 is 0 Å². The molecule has 2 rings (SSSR count). The SMILES string of the molecule is CCCC1CCC2(CCNCC2C(C)C)CC1. The number of rotatable bonds is 3. The van der Waals surface area contributed by atoms with Gasteiger partial charge in [-0.05, 0) is 68.4 Å². The second-order valence-electron chi connectivity index (χ2n) is 6.90. The Morgan fingerprint density at radius 1 is 1.18 bits per heavy atom. The maximum Gasteiger partial charge on any atom is -0.00127 e. The average Bonchev–Trinajstić information content (AvgIpc) is 2.33. The van der Waals surface area contributed by atoms with E-state index < -0.39 is 0 Å². The van der Waals surface area contributed by atoms with Gasteiger partial charge in [0.25, 0.3) is 0 Å². The number of hydrogen-bond acceptors (Lipinski definition) is 1. The predicted molar refractivity (Wildman–Crippen MR) is 75.1 cm³/mol. The molecule has 0 radical (unpaired) electrons. The van der Waals surface area contributed by atoms with Gasteiger partial charge < -0.3 is 5.32 Å². The zero-order valence-corrected chi connectivity index (χ0v) is 12.1. The van der Waals surface area contributed by atoms with Gasteiger partial charge in [-0.3, -0.25) is 0 Å². The lowest BCUT2D eigenvalue weighted by Gasteiger charge is -2.50. The van der Waals surface area contributed by atoms with Gasteiger partial charge in [0.05, 0.1) is 0 Å². The molecule has 100 valence electrons. The molecule has 1 heteroatoms. The highest BCUT2D eigenvalue weighted by Crippen LogP contribution is 2.51. The molecule has 1 N–H and O–H groups in total. The van der Waals surface area contributed by atoms with Crippen LogP contribution in [0.5, 0.6) is 0 Å². The number of nitrogens with one attached hydrogen (secondary N) is 1. The molecule has 1 saturated carbocycles. The third-order valence-electron chi connectivity index (χ3n) is 5.55. The van der Waals surface area contributed by atoms with Crippen LogP contribution in [0.4, 0.5) is 0 Å². The minimum atomic E-state index is 0.712. The molecule has 1 aliphatic carbocycles. The minimum Gasteiger partial charge on any atom is -0.316 e. The van der Waals surface area contributed by atoms with Crippen LogP contribution in [0.3, 0.4) is 0 Å². The second kappa shape index (κ2) is 5.73. The average molecular weight is 237 g/mol. The topological polar surface area (TPSA) is 12.0 Å². The molecule has 1 aliphatic heterocycles. The van der Waals surface area contributed by atoms with Gasteiger partial charge in [0.15, 0.2) is 0 Å². The molecule has 0 bridgehead atoms. The molecular formula is C16H31N. The molecule has 1 spiro atoms. The Kier molecular flexibility index (Phi) is 4.52. The Hall–Kier alpha value is -0.0400. The van der Waals surface area contributed by atoms with Gasteiger partial charge >= 0.3 is 0 Å². The third-order valence-corrected chi connectivity index (χ3v) is 5.55. The molecule has 2 fully saturated rings. The van der Waals surface area contributed by atoms with E-state index in [-0.39, 0.29) is 0 Å². The molecule has 1 saturated heterocycles. The monoisotopic (exact) mass is 237 g/mol. The Labute approximate surface area is 108 Å². The highest BCUT2D eigenvalue weighted by Gasteiger charge is 2.43. The third kappa shape index (κ3) is 2.86. The molecule has 0 aromatic rings. The molecule has 17 heavy (non-hydrogen) atoms. The summed E-state index contributed by atoms with van der Waals surface area (Å²) in [5.74, 6) is 2.83. The van der Waals surface area contributed by atoms with Gasteiger partial charge in [-0.1, -0.05) is 33.6 Å². The Balaban J connectivity index is 1.98. The van der Waals surface area contributed by atoms with Crippen molar-refractivity contribution in [2.75, 3.05) is 13.1 Å². The zero-order chi connectivity index (χ0) is 12.3. The first-order valence-corrected chi connectivity index (χ1v) is 7.88. The van der Waals surface area contributed by atoms with Crippen molar-refractivity contribution in [1.29, 1.82) is 0 Å². The first-order chi connectivity index (χ1) is 8.18. The summed E-state index contributed by atoms with van der Waals surface area (Å²) in [5.41, 5.74) is 0.712. The molecule has 0 aromatic carbocycles. The Bertz CT molecular complexity index is 226. The zero-order valence-electron chi connectivity index (χ0n) is 12.1. The van der Waals surface area contributed by atoms with Crippen LogP contribution in [0, 0.1) is 23.2 Å². The lowest BCUT2D eigenvalue weighted by atomic mass is 9.58. The second-order valence-corrected chi connectivity index (χ2v) is 6.90. The van der Waals surface area contributed by atoms with Crippen molar-refractivity contribution in [3.8, 4) is 0 Å². The summed E-state index contributed by atoms with van der Waals surface area (Å²) in [6.45, 7) is 9.73. The van der Waals surface area contributed by atoms with Crippen molar-refractivity contribution in [2.24, 2.45) is 23.2 Å². The van der Waals surface area contributed by atoms with Gasteiger partial charge in [0.1, 0.15) is 0 Å². The van der Waals surface area contributed by atoms with E-state index in [1.807, 2.05) is 0 Å². The molecular weight excluding hydrogens is 206 g/mol. The van der Waals surface area contributed by atoms with Gasteiger partial charge in [-0.25, -0.2) is 0 Å². The Morgan fingerprint density at radius 3 is 2.47 bits per heavy atom. The minimum absolute atomic E-state index is 0.712. The van der Waals surface area contributed by atoms with E-state index in [9.17, 15) is 0 Å². The van der Waals surface area contributed by atoms with Gasteiger partial charge in [-0.2, -0.15) is 0 Å². The van der Waals surface area contributed by atoms with Crippen LogP contribution in [0.15, 0.2) is 0 Å². The molecule has 1 atom stereocenters. The lowest BCUT2D eigenvalue weighted by molar-refractivity contribution is 0.0145. The fourth-order valence-corrected chi connectivity index (χ4v) is 4.51. The van der Waals surface area contributed by atoms with Gasteiger partial charge in [-0.15, -0.1) is 0 Å². The number of piperidine rings is 1. The summed E-state index contributed by atoms with van der Waals surface area (Å²) >= 11 is 0. The lowest BCUT2D eigenvalue weighted by Crippen LogP contribution is -2.49. The molecule has 1 nitrogen and oxygen atoms in total. The molecule has 2 aliphatic rings. The van der Waals surface area contributed by atoms with E-state index in [4.69, 9.17) is 0 Å². The van der Waals surface area contributed by atoms with Crippen molar-refractivity contribution in [3.63, 3.8) is 0 Å². The Morgan fingerprint density at radius 2 is 1.88 bits per heavy atom. The predicted octanol–water partition coefficient (Wildman–Crippen LogP) is 4.23. The summed E-state index contributed by atoms with van der Waals surface area (Å²) in [7, 11) is 0. The van der Waals surface area contributed by atoms with E-state index in [1.165, 1.54) is 58.0 Å². The smallest absolute Gasteiger partial charge is 0.00127 e. The van der Waals surface area contributed by atoms with Gasteiger partial charge in [0, 0.05) is 0 Å². The summed E-state index contributed by atoms with van der Waals surface area (Å²) in [6.07, 6.45) is 10.3. The molecule has 1 heterocycles. The van der Waals surface area contributed by atoms with Crippen molar-refractivity contribution in [2.45, 2.75) is 65.7 Å². The fourth-order valence-electron chi connectivity index (χ4n) is 4.51. The molecule has 1 unspecified atom stereocenters. The summed E-state index contributed by atoms with van der Waals surface area (Å²) < 4.78 is 0. The molecule has 0 aromatic heterocycles. The molecule has 0 amide bonds. The van der Waals surface area contributed by atoms with Crippen LogP contribution in [-0.4, -0.2) is 13.1 Å². The van der Waals surface area contributed by atoms with Crippen LogP contribution in [0.1, 0.15) is 65.7 Å². The van der Waals surface area contributed by atoms with Crippen LogP contribution < -0.4 is 5.32 Å². The first-order valence-electron chi connectivity index (χ1n) is 7.88. The van der Waals surface area contributed by atoms with Crippen LogP contribution in [0.25, 0.3) is 0 Å². The van der Waals surface area contributed by atoms with E-state index in [0.717, 1.165) is 17.8 Å². The van der Waals surface area contributed by atoms with Crippen molar-refractivity contribution in [1.82, 2.24) is 5.32 Å². The summed E-state index contributed by atoms with van der Waals surface area (Å²) in [6, 6.07) is 0. The van der Waals surface area contributed by atoms with Crippen LogP contribution in [0.2, 0.25) is 0 Å². The normalized spacial score (nSPS) is 38.8. The van der Waals surface area contributed by atoms with Crippen molar-refractivity contribution in [3.05, 3.63) is 0 Å². The quantitative estimate of drug-likeness (QED) is 0.774. The first kappa shape index (κ1) is 13.4. The van der Waals surface area contributed by atoms with Gasteiger partial charge in [0.2, 0.25) is 0 Å². The van der Waals surface area contributed by atoms with E-state index in [1.54, 1.807) is 0 Å². The summed E-state index contributed by atoms with van der Waals surface area (Å²) in [5, 5.41) is 3.62. The highest BCUT2D eigenvalue weighted by atomic mass is 14.9. The fraction of sp³-hybridized carbons (Fsp3) is 1.00. The maximum atomic E-state index is 3.62. The van der Waals surface area contributed by atoms with E-state index >= 15 is 0 Å². The van der Waals surface area contributed by atoms with E-state index in [2.05, 4.69) is 26.1 Å². The van der Waals surface area contributed by atoms with E-state index in [0.29, 0.717) is 5.41 Å². The largest absolute Gasteiger partial charge is 0.316 e. The highest BCUT2D eigenvalue weighted by molar-refractivity contribution is 4.95. The summed E-state index contributed by atoms with van der Waals surface area (Å²) in [4.78, 5) is 0. The number of hydrogen-bond donors (Lipinski definition) is 1. The standard InChI is InChI=1S/C16H31N/c1-4-5-14-6-8-16(9-7-14)10-11-17-12-15(16)13(2)3/h13-15,17H,4-12H2,1-3H3. The maximum absolute atomic E-state index is 3.62. The van der Waals surface area contributed by atoms with Crippen LogP contribution >= 0.6 is 0 Å². The van der Waals surface area contributed by atoms with Crippen LogP contribution in [-0.2, 0) is 0 Å². The van der Waals surface area contributed by atoms with Crippen molar-refractivity contribution < 1.29 is 0 Å².